The quantitative estimate of drug-likeness (QED) is 0.0687. The maximum atomic E-state index is 14.4. The molecule has 0 fully saturated rings. The van der Waals surface area contributed by atoms with E-state index in [0.717, 1.165) is 0 Å². The van der Waals surface area contributed by atoms with E-state index in [0.29, 0.717) is 0 Å². The monoisotopic (exact) mass is 1110 g/mol. The second-order valence-electron chi connectivity index (χ2n) is 13.1. The zero-order chi connectivity index (χ0) is 56.1. The molecule has 384 valence electrons. The van der Waals surface area contributed by atoms with E-state index in [-0.39, 0.29) is 29.6 Å². The number of rotatable bonds is 6. The Labute approximate surface area is 409 Å². The summed E-state index contributed by atoms with van der Waals surface area (Å²) in [5.74, 6) is -90.4. The first-order valence-electron chi connectivity index (χ1n) is 17.3. The van der Waals surface area contributed by atoms with Crippen molar-refractivity contribution in [2.45, 2.75) is 0 Å². The summed E-state index contributed by atoms with van der Waals surface area (Å²) in [5.41, 5.74) is -16.1. The molecule has 0 amide bonds. The predicted octanol–water partition coefficient (Wildman–Crippen LogP) is 5.90. The molecule has 0 aliphatic heterocycles. The van der Waals surface area contributed by atoms with E-state index in [4.69, 9.17) is 10.5 Å². The molecule has 0 aromatic heterocycles. The van der Waals surface area contributed by atoms with Crippen LogP contribution in [0.3, 0.4) is 0 Å². The minimum absolute atomic E-state index is 0. The molecule has 0 atom stereocenters. The summed E-state index contributed by atoms with van der Waals surface area (Å²) < 4.78 is 417. The van der Waals surface area contributed by atoms with E-state index in [1.807, 2.05) is 0 Å². The molecule has 6 rings (SSSR count). The van der Waals surface area contributed by atoms with Crippen LogP contribution >= 0.6 is 0 Å². The molecule has 0 radical (unpaired) electrons. The van der Waals surface area contributed by atoms with Gasteiger partial charge in [-0.25, -0.2) is 132 Å². The normalized spacial score (nSPS) is 10.7. The van der Waals surface area contributed by atoms with Crippen molar-refractivity contribution >= 4 is 46.2 Å². The summed E-state index contributed by atoms with van der Waals surface area (Å²) in [6.07, 6.45) is 2.56. The molecule has 3 nitrogen and oxygen atoms in total. The molecule has 0 saturated carbocycles. The van der Waals surface area contributed by atoms with Gasteiger partial charge < -0.3 is 10.5 Å². The molecule has 6 aromatic rings. The second-order valence-corrected chi connectivity index (χ2v) is 13.1. The number of hydrogen-bond donors (Lipinski definition) is 0. The van der Waals surface area contributed by atoms with Crippen LogP contribution in [0.1, 0.15) is 0 Å². The second kappa shape index (κ2) is 23.1. The van der Waals surface area contributed by atoms with Gasteiger partial charge in [-0.15, -0.1) is 0 Å². The molecule has 0 spiro atoms. The Morgan fingerprint density at radius 1 is 0.189 bits per heavy atom. The number of halogens is 30. The van der Waals surface area contributed by atoms with Crippen LogP contribution in [0.4, 0.5) is 132 Å². The fraction of sp³-hybridized carbons (Fsp3) is 0. The molecule has 6 aromatic carbocycles. The number of benzene rings is 6. The molecule has 74 heavy (non-hydrogen) atoms. The molecule has 0 aliphatic rings. The van der Waals surface area contributed by atoms with E-state index in [9.17, 15) is 132 Å². The fourth-order valence-corrected chi connectivity index (χ4v) is 6.14. The van der Waals surface area contributed by atoms with Gasteiger partial charge in [0.05, 0.1) is 0 Å². The van der Waals surface area contributed by atoms with Crippen molar-refractivity contribution in [2.24, 2.45) is 0 Å². The van der Waals surface area contributed by atoms with Crippen molar-refractivity contribution in [3.8, 4) is 12.4 Å². The average molecular weight is 1110 g/mol. The Morgan fingerprint density at radius 2 is 0.270 bits per heavy atom. The third-order valence-electron chi connectivity index (χ3n) is 9.29. The van der Waals surface area contributed by atoms with Gasteiger partial charge in [-0.05, 0) is 0 Å². The van der Waals surface area contributed by atoms with Crippen LogP contribution in [-0.4, -0.2) is 13.4 Å². The van der Waals surface area contributed by atoms with E-state index >= 15 is 0 Å². The zero-order valence-corrected chi connectivity index (χ0v) is 35.8. The van der Waals surface area contributed by atoms with Crippen LogP contribution in [-0.2, 0) is 0 Å². The first kappa shape index (κ1) is 61.4. The molecule has 0 aliphatic carbocycles. The first-order valence-corrected chi connectivity index (χ1v) is 17.3. The van der Waals surface area contributed by atoms with E-state index in [2.05, 4.69) is 5.32 Å². The van der Waals surface area contributed by atoms with Gasteiger partial charge in [0.15, 0.2) is 175 Å². The summed E-state index contributed by atoms with van der Waals surface area (Å²) in [4.78, 5) is 0. The van der Waals surface area contributed by atoms with Crippen molar-refractivity contribution in [3.05, 3.63) is 180 Å². The van der Waals surface area contributed by atoms with Crippen molar-refractivity contribution < 1.29 is 161 Å². The molecule has 0 N–H and O–H groups in total. The van der Waals surface area contributed by atoms with Crippen LogP contribution in [0, 0.1) is 197 Å². The van der Waals surface area contributed by atoms with Crippen LogP contribution in [0.2, 0.25) is 0 Å². The topological polar surface area (TPSA) is 61.7 Å². The summed E-state index contributed by atoms with van der Waals surface area (Å²) in [6, 6.07) is 0. The molecule has 0 unspecified atom stereocenters. The maximum absolute atomic E-state index is 14.4. The van der Waals surface area contributed by atoms with E-state index < -0.39 is 221 Å². The first-order chi connectivity index (χ1) is 33.7. The van der Waals surface area contributed by atoms with Gasteiger partial charge >= 0.3 is 29.6 Å². The van der Waals surface area contributed by atoms with Gasteiger partial charge in [-0.2, -0.15) is 0 Å². The van der Waals surface area contributed by atoms with Gasteiger partial charge in [-0.3, -0.25) is 5.32 Å². The maximum Gasteiger partial charge on any atom is 1.00 e. The average Bonchev–Trinajstić information content (AvgIpc) is 3.36. The number of nitriles is 2. The van der Waals surface area contributed by atoms with Gasteiger partial charge in [0, 0.05) is 45.2 Å². The Kier molecular flexibility index (Phi) is 19.2. The van der Waals surface area contributed by atoms with Gasteiger partial charge in [0.25, 0.3) is 13.4 Å². The van der Waals surface area contributed by atoms with E-state index in [1.165, 1.54) is 12.4 Å². The van der Waals surface area contributed by atoms with E-state index in [1.54, 1.807) is 0 Å². The minimum atomic E-state index is -3.96. The Balaban J connectivity index is 0.000000353. The van der Waals surface area contributed by atoms with Crippen molar-refractivity contribution in [2.75, 3.05) is 0 Å². The van der Waals surface area contributed by atoms with Crippen LogP contribution < -0.4 is 62.3 Å². The van der Waals surface area contributed by atoms with Crippen molar-refractivity contribution in [1.82, 2.24) is 0 Å². The summed E-state index contributed by atoms with van der Waals surface area (Å²) in [5, 5.41) is 17.4. The van der Waals surface area contributed by atoms with Crippen LogP contribution in [0.15, 0.2) is 0 Å². The third-order valence-corrected chi connectivity index (χ3v) is 9.29. The SMILES string of the molecule is Fc1c(F)c(F)c(B(c2c(F)c(F)c(F)c(F)c2F)c2c(F)c(F)c(F)c(F)c2F)c(F)c1F.Fc1c(F)c(F)c(B(c2c(F)c(F)c(F)c(F)c2F)c2c(F)c(F)c(F)c(F)c2F)c(F)c1F.N#C[N-]C#N.[Na+]. The number of hydrogen-bond acceptors (Lipinski definition) is 2. The van der Waals surface area contributed by atoms with Gasteiger partial charge in [0.2, 0.25) is 0 Å². The molecule has 36 heteroatoms. The van der Waals surface area contributed by atoms with Crippen molar-refractivity contribution in [1.29, 1.82) is 10.5 Å². The van der Waals surface area contributed by atoms with Gasteiger partial charge in [-0.1, -0.05) is 0 Å². The largest absolute Gasteiger partial charge is 1.00 e. The summed E-state index contributed by atoms with van der Waals surface area (Å²) in [6.45, 7) is -7.92. The minimum Gasteiger partial charge on any atom is -0.385 e. The van der Waals surface area contributed by atoms with Crippen LogP contribution in [0.5, 0.6) is 0 Å². The van der Waals surface area contributed by atoms with Crippen LogP contribution in [0.25, 0.3) is 5.32 Å². The summed E-state index contributed by atoms with van der Waals surface area (Å²) >= 11 is 0. The predicted molar refractivity (Wildman–Crippen MR) is 181 cm³/mol. The fourth-order valence-electron chi connectivity index (χ4n) is 6.14. The zero-order valence-electron chi connectivity index (χ0n) is 33.8. The van der Waals surface area contributed by atoms with Crippen molar-refractivity contribution in [3.63, 3.8) is 0 Å². The molecular formula is C38B2F30N3Na. The Morgan fingerprint density at radius 3 is 0.338 bits per heavy atom. The standard InChI is InChI=1S/2C18BF15.C2N3.Na/c2*20-4-1(5(21)11(27)16(32)10(4)26)19(2-6(22)12(28)17(33)13(29)7(2)23)3-8(24)14(30)18(34)15(31)9(3)25;3-1-5-2-4;/q;;-1;+1. The molecule has 0 heterocycles. The smallest absolute Gasteiger partial charge is 0.385 e. The Bertz CT molecular complexity index is 2670. The Hall–Kier alpha value is -6.87. The molecule has 0 bridgehead atoms. The molecular weight excluding hydrogens is 1110 g/mol. The summed E-state index contributed by atoms with van der Waals surface area (Å²) in [7, 11) is 0. The number of nitrogens with zero attached hydrogens (tertiary/aromatic N) is 3. The van der Waals surface area contributed by atoms with Gasteiger partial charge in [0.1, 0.15) is 0 Å². The third kappa shape index (κ3) is 10.1. The molecule has 0 saturated heterocycles.